The molecular formula is C19H26N6O4S. The summed E-state index contributed by atoms with van der Waals surface area (Å²) in [6.07, 6.45) is 1.70. The fourth-order valence-electron chi connectivity index (χ4n) is 2.57. The van der Waals surface area contributed by atoms with E-state index in [9.17, 15) is 13.2 Å². The van der Waals surface area contributed by atoms with Crippen LogP contribution in [0.25, 0.3) is 0 Å². The molecule has 0 saturated carbocycles. The maximum atomic E-state index is 13.0. The Morgan fingerprint density at radius 2 is 1.83 bits per heavy atom. The molecular weight excluding hydrogens is 408 g/mol. The van der Waals surface area contributed by atoms with Gasteiger partial charge in [0, 0.05) is 17.9 Å². The summed E-state index contributed by atoms with van der Waals surface area (Å²) in [4.78, 5) is 25.4. The summed E-state index contributed by atoms with van der Waals surface area (Å²) in [5, 5.41) is 5.41. The number of unbranched alkanes of at least 4 members (excludes halogenated alkanes) is 1. The highest BCUT2D eigenvalue weighted by molar-refractivity contribution is 7.90. The van der Waals surface area contributed by atoms with Gasteiger partial charge in [-0.1, -0.05) is 25.5 Å². The van der Waals surface area contributed by atoms with Crippen LogP contribution in [0, 0.1) is 13.8 Å². The minimum atomic E-state index is -4.26. The highest BCUT2D eigenvalue weighted by Crippen LogP contribution is 2.18. The van der Waals surface area contributed by atoms with Gasteiger partial charge in [-0.15, -0.1) is 4.40 Å². The van der Waals surface area contributed by atoms with Crippen LogP contribution in [0.15, 0.2) is 39.6 Å². The number of guanidine groups is 1. The predicted octanol–water partition coefficient (Wildman–Crippen LogP) is 1.93. The average Bonchev–Trinajstić information content (AvgIpc) is 2.67. The fraction of sp³-hybridized carbons (Fsp3) is 0.368. The zero-order valence-corrected chi connectivity index (χ0v) is 18.2. The summed E-state index contributed by atoms with van der Waals surface area (Å²) in [5.74, 6) is -0.579. The van der Waals surface area contributed by atoms with Crippen molar-refractivity contribution in [1.29, 1.82) is 0 Å². The summed E-state index contributed by atoms with van der Waals surface area (Å²) in [5.41, 5.74) is 3.76. The Balaban J connectivity index is 2.38. The van der Waals surface area contributed by atoms with E-state index < -0.39 is 15.9 Å². The Morgan fingerprint density at radius 1 is 1.17 bits per heavy atom. The van der Waals surface area contributed by atoms with Gasteiger partial charge in [0.2, 0.25) is 11.9 Å². The summed E-state index contributed by atoms with van der Waals surface area (Å²) < 4.78 is 29.6. The van der Waals surface area contributed by atoms with Crippen molar-refractivity contribution in [3.63, 3.8) is 0 Å². The van der Waals surface area contributed by atoms with Crippen LogP contribution < -0.4 is 16.1 Å². The lowest BCUT2D eigenvalue weighted by atomic mass is 10.2. The van der Waals surface area contributed by atoms with Crippen LogP contribution in [-0.2, 0) is 14.9 Å². The van der Waals surface area contributed by atoms with Gasteiger partial charge < -0.3 is 5.32 Å². The Kier molecular flexibility index (Phi) is 8.25. The first-order chi connectivity index (χ1) is 14.3. The molecule has 1 heterocycles. The van der Waals surface area contributed by atoms with Gasteiger partial charge in [-0.05, 0) is 38.5 Å². The summed E-state index contributed by atoms with van der Waals surface area (Å²) in [7, 11) is -2.95. The highest BCUT2D eigenvalue weighted by Gasteiger charge is 2.23. The number of carbonyl (C=O) groups excluding carboxylic acids is 1. The first kappa shape index (κ1) is 23.2. The lowest BCUT2D eigenvalue weighted by Gasteiger charge is -2.12. The number of aromatic nitrogens is 2. The average molecular weight is 435 g/mol. The standard InChI is InChI=1S/C19H26N6O4S/c1-5-6-11-20-17(26)15-9-7-8-10-16(15)30(27,28)25-19(24-29-4)23-18-21-13(2)12-14(3)22-18/h7-10,12H,5-6,11H2,1-4H3,(H,20,26)(H2,21,22,23,24,25). The monoisotopic (exact) mass is 434 g/mol. The van der Waals surface area contributed by atoms with Crippen LogP contribution in [0.5, 0.6) is 0 Å². The molecule has 0 unspecified atom stereocenters. The van der Waals surface area contributed by atoms with Crippen LogP contribution in [-0.4, -0.2) is 43.9 Å². The number of hydroxylamine groups is 1. The van der Waals surface area contributed by atoms with E-state index in [0.717, 1.165) is 12.8 Å². The minimum Gasteiger partial charge on any atom is -0.352 e. The van der Waals surface area contributed by atoms with Crippen molar-refractivity contribution in [3.05, 3.63) is 47.3 Å². The van der Waals surface area contributed by atoms with E-state index in [0.29, 0.717) is 17.9 Å². The Labute approximate surface area is 176 Å². The van der Waals surface area contributed by atoms with E-state index in [1.165, 1.54) is 25.3 Å². The van der Waals surface area contributed by atoms with Crippen molar-refractivity contribution in [1.82, 2.24) is 20.8 Å². The van der Waals surface area contributed by atoms with Gasteiger partial charge in [0.15, 0.2) is 0 Å². The molecule has 0 aliphatic heterocycles. The van der Waals surface area contributed by atoms with Crippen molar-refractivity contribution in [3.8, 4) is 0 Å². The zero-order valence-electron chi connectivity index (χ0n) is 17.4. The van der Waals surface area contributed by atoms with Crippen LogP contribution in [0.4, 0.5) is 5.95 Å². The molecule has 0 spiro atoms. The van der Waals surface area contributed by atoms with Crippen molar-refractivity contribution >= 4 is 27.8 Å². The second-order valence-electron chi connectivity index (χ2n) is 6.43. The van der Waals surface area contributed by atoms with Crippen LogP contribution in [0.3, 0.4) is 0 Å². The lowest BCUT2D eigenvalue weighted by Crippen LogP contribution is -2.32. The molecule has 0 radical (unpaired) electrons. The third-order valence-electron chi connectivity index (χ3n) is 3.85. The molecule has 10 nitrogen and oxygen atoms in total. The molecule has 1 aromatic heterocycles. The largest absolute Gasteiger partial charge is 0.352 e. The summed E-state index contributed by atoms with van der Waals surface area (Å²) >= 11 is 0. The maximum Gasteiger partial charge on any atom is 0.286 e. The van der Waals surface area contributed by atoms with E-state index >= 15 is 0 Å². The Hall–Kier alpha value is -3.05. The number of nitrogens with zero attached hydrogens (tertiary/aromatic N) is 3. The number of anilines is 1. The smallest absolute Gasteiger partial charge is 0.286 e. The summed E-state index contributed by atoms with van der Waals surface area (Å²) in [6.45, 7) is 6.01. The topological polar surface area (TPSA) is 135 Å². The van der Waals surface area contributed by atoms with Crippen molar-refractivity contribution < 1.29 is 18.0 Å². The second-order valence-corrected chi connectivity index (χ2v) is 8.00. The fourth-order valence-corrected chi connectivity index (χ4v) is 3.68. The Bertz CT molecular complexity index is 1000. The third kappa shape index (κ3) is 6.49. The normalized spacial score (nSPS) is 11.8. The molecule has 0 bridgehead atoms. The molecule has 0 aliphatic rings. The van der Waals surface area contributed by atoms with E-state index in [2.05, 4.69) is 30.5 Å². The molecule has 0 atom stereocenters. The molecule has 162 valence electrons. The summed E-state index contributed by atoms with van der Waals surface area (Å²) in [6, 6.07) is 7.65. The van der Waals surface area contributed by atoms with Crippen LogP contribution in [0.2, 0.25) is 0 Å². The SMILES string of the molecule is CCCCNC(=O)c1ccccc1S(=O)(=O)N=C(NOC)Nc1nc(C)cc(C)n1. The maximum absolute atomic E-state index is 13.0. The van der Waals surface area contributed by atoms with Gasteiger partial charge in [-0.25, -0.2) is 15.4 Å². The predicted molar refractivity (Wildman–Crippen MR) is 114 cm³/mol. The van der Waals surface area contributed by atoms with E-state index in [1.807, 2.05) is 6.92 Å². The first-order valence-electron chi connectivity index (χ1n) is 9.37. The number of hydrogen-bond acceptors (Lipinski definition) is 6. The van der Waals surface area contributed by atoms with Crippen LogP contribution >= 0.6 is 0 Å². The minimum absolute atomic E-state index is 0.0109. The Morgan fingerprint density at radius 3 is 2.47 bits per heavy atom. The molecule has 1 aromatic carbocycles. The van der Waals surface area contributed by atoms with Gasteiger partial charge >= 0.3 is 0 Å². The molecule has 11 heteroatoms. The number of carbonyl (C=O) groups is 1. The second kappa shape index (κ2) is 10.6. The number of sulfonamides is 1. The highest BCUT2D eigenvalue weighted by atomic mass is 32.2. The molecule has 1 amide bonds. The molecule has 3 N–H and O–H groups in total. The van der Waals surface area contributed by atoms with Gasteiger partial charge in [-0.3, -0.25) is 14.9 Å². The molecule has 0 saturated heterocycles. The van der Waals surface area contributed by atoms with Crippen LogP contribution in [0.1, 0.15) is 41.5 Å². The van der Waals surface area contributed by atoms with E-state index in [-0.39, 0.29) is 22.4 Å². The van der Waals surface area contributed by atoms with Crippen molar-refractivity contribution in [2.24, 2.45) is 4.40 Å². The molecule has 2 rings (SSSR count). The van der Waals surface area contributed by atoms with E-state index in [4.69, 9.17) is 4.84 Å². The van der Waals surface area contributed by atoms with Crippen molar-refractivity contribution in [2.75, 3.05) is 19.0 Å². The number of benzene rings is 1. The zero-order chi connectivity index (χ0) is 22.1. The third-order valence-corrected chi connectivity index (χ3v) is 5.18. The lowest BCUT2D eigenvalue weighted by molar-refractivity contribution is 0.0950. The first-order valence-corrected chi connectivity index (χ1v) is 10.8. The number of amides is 1. The van der Waals surface area contributed by atoms with Crippen molar-refractivity contribution in [2.45, 2.75) is 38.5 Å². The van der Waals surface area contributed by atoms with Gasteiger partial charge in [0.1, 0.15) is 4.90 Å². The number of hydrogen-bond donors (Lipinski definition) is 3. The van der Waals surface area contributed by atoms with Gasteiger partial charge in [0.25, 0.3) is 15.9 Å². The van der Waals surface area contributed by atoms with E-state index in [1.54, 1.807) is 26.0 Å². The van der Waals surface area contributed by atoms with Gasteiger partial charge in [0.05, 0.1) is 12.7 Å². The molecule has 30 heavy (non-hydrogen) atoms. The van der Waals surface area contributed by atoms with Gasteiger partial charge in [-0.2, -0.15) is 8.42 Å². The quantitative estimate of drug-likeness (QED) is 0.248. The molecule has 0 aliphatic carbocycles. The molecule has 2 aromatic rings. The molecule has 0 fully saturated rings. The number of aryl methyl sites for hydroxylation is 2. The number of rotatable bonds is 8. The number of nitrogens with one attached hydrogen (secondary N) is 3.